The molecule has 5 unspecified atom stereocenters. The molecule has 3 nitrogen and oxygen atoms in total. The van der Waals surface area contributed by atoms with Crippen molar-refractivity contribution in [3.63, 3.8) is 0 Å². The predicted molar refractivity (Wildman–Crippen MR) is 126 cm³/mol. The molecule has 4 aliphatic heterocycles. The molecule has 0 N–H and O–H groups in total. The molecule has 172 valence electrons. The lowest BCUT2D eigenvalue weighted by Gasteiger charge is -2.45. The Labute approximate surface area is 190 Å². The largest absolute Gasteiger partial charge is 0.360 e. The lowest BCUT2D eigenvalue weighted by atomic mass is 9.77. The predicted octanol–water partition coefficient (Wildman–Crippen LogP) is 7.30. The van der Waals surface area contributed by atoms with E-state index < -0.39 is 11.6 Å². The Bertz CT molecular complexity index is 1100. The fraction of sp³-hybridized carbons (Fsp3) is 0.556. The first-order chi connectivity index (χ1) is 15.2. The Kier molecular flexibility index (Phi) is 4.70. The fourth-order valence-corrected chi connectivity index (χ4v) is 6.81. The second-order valence-electron chi connectivity index (χ2n) is 10.0. The van der Waals surface area contributed by atoms with E-state index in [0.717, 1.165) is 42.3 Å². The SMILES string of the molecule is CC.CCC1C(C)c2cc(F)cc(F)c2N2c3cc4c(cc3N(C)C12)C1(C)CCC4(C)O1. The normalized spacial score (nSPS) is 33.3. The van der Waals surface area contributed by atoms with Crippen molar-refractivity contribution in [3.05, 3.63) is 52.6 Å². The number of rotatable bonds is 1. The van der Waals surface area contributed by atoms with Crippen LogP contribution in [0.4, 0.5) is 25.8 Å². The zero-order valence-electron chi connectivity index (χ0n) is 20.2. The molecule has 32 heavy (non-hydrogen) atoms. The van der Waals surface area contributed by atoms with E-state index in [2.05, 4.69) is 56.7 Å². The van der Waals surface area contributed by atoms with Crippen molar-refractivity contribution in [2.75, 3.05) is 16.8 Å². The molecule has 0 amide bonds. The van der Waals surface area contributed by atoms with E-state index in [1.807, 2.05) is 13.8 Å². The molecule has 0 aliphatic carbocycles. The molecule has 4 aliphatic rings. The average Bonchev–Trinajstić information content (AvgIpc) is 3.32. The summed E-state index contributed by atoms with van der Waals surface area (Å²) in [4.78, 5) is 4.43. The van der Waals surface area contributed by atoms with Crippen LogP contribution in [0, 0.1) is 17.6 Å². The Morgan fingerprint density at radius 1 is 1.00 bits per heavy atom. The molecule has 2 aromatic rings. The summed E-state index contributed by atoms with van der Waals surface area (Å²) < 4.78 is 35.9. The highest BCUT2D eigenvalue weighted by Gasteiger charge is 2.56. The average molecular weight is 441 g/mol. The maximum atomic E-state index is 15.2. The fourth-order valence-electron chi connectivity index (χ4n) is 6.81. The highest BCUT2D eigenvalue weighted by molar-refractivity contribution is 5.88. The molecule has 4 heterocycles. The molecule has 2 aromatic carbocycles. The van der Waals surface area contributed by atoms with E-state index in [1.165, 1.54) is 17.2 Å². The van der Waals surface area contributed by atoms with Gasteiger partial charge in [-0.15, -0.1) is 0 Å². The van der Waals surface area contributed by atoms with Gasteiger partial charge in [0.1, 0.15) is 17.8 Å². The Morgan fingerprint density at radius 2 is 1.59 bits per heavy atom. The molecular weight excluding hydrogens is 406 g/mol. The van der Waals surface area contributed by atoms with Gasteiger partial charge in [-0.2, -0.15) is 0 Å². The van der Waals surface area contributed by atoms with Crippen LogP contribution in [0.3, 0.4) is 0 Å². The van der Waals surface area contributed by atoms with Gasteiger partial charge in [0.2, 0.25) is 0 Å². The number of hydrogen-bond donors (Lipinski definition) is 0. The van der Waals surface area contributed by atoms with Crippen LogP contribution in [0.1, 0.15) is 83.4 Å². The Balaban J connectivity index is 0.00000105. The molecule has 5 atom stereocenters. The van der Waals surface area contributed by atoms with Crippen molar-refractivity contribution in [2.45, 2.75) is 84.1 Å². The van der Waals surface area contributed by atoms with E-state index in [4.69, 9.17) is 4.74 Å². The second-order valence-corrected chi connectivity index (χ2v) is 10.0. The molecule has 1 saturated heterocycles. The van der Waals surface area contributed by atoms with E-state index >= 15 is 4.39 Å². The Hall–Kier alpha value is -2.14. The molecule has 2 bridgehead atoms. The number of ether oxygens (including phenoxy) is 1. The summed E-state index contributed by atoms with van der Waals surface area (Å²) in [5.74, 6) is -0.631. The summed E-state index contributed by atoms with van der Waals surface area (Å²) in [6.45, 7) is 12.6. The minimum Gasteiger partial charge on any atom is -0.360 e. The number of halogens is 2. The van der Waals surface area contributed by atoms with Gasteiger partial charge in [-0.25, -0.2) is 8.78 Å². The zero-order valence-corrected chi connectivity index (χ0v) is 20.2. The molecule has 5 heteroatoms. The van der Waals surface area contributed by atoms with Crippen LogP contribution in [0.5, 0.6) is 0 Å². The Morgan fingerprint density at radius 3 is 2.19 bits per heavy atom. The van der Waals surface area contributed by atoms with Gasteiger partial charge in [0.25, 0.3) is 0 Å². The van der Waals surface area contributed by atoms with Crippen molar-refractivity contribution in [3.8, 4) is 0 Å². The standard InChI is InChI=1S/C25H28F2N2O.C2H6/c1-6-15-13(2)16-9-14(26)10-19(27)22(16)29-21-12-18-17(11-20(21)28(5)23(15)29)24(3)7-8-25(18,4)30-24;1-2/h9-13,15,23H,6-8H2,1-5H3;1-2H3. The lowest BCUT2D eigenvalue weighted by Crippen LogP contribution is -2.49. The number of hydrogen-bond acceptors (Lipinski definition) is 3. The third-order valence-electron chi connectivity index (χ3n) is 8.37. The minimum absolute atomic E-state index is 0.0224. The van der Waals surface area contributed by atoms with Crippen LogP contribution >= 0.6 is 0 Å². The first-order valence-corrected chi connectivity index (χ1v) is 12.1. The number of anilines is 3. The van der Waals surface area contributed by atoms with Gasteiger partial charge in [0.05, 0.1) is 28.3 Å². The quantitative estimate of drug-likeness (QED) is 0.463. The lowest BCUT2D eigenvalue weighted by molar-refractivity contribution is -0.0662. The first kappa shape index (κ1) is 21.7. The number of benzene rings is 2. The topological polar surface area (TPSA) is 15.7 Å². The van der Waals surface area contributed by atoms with Crippen molar-refractivity contribution in [2.24, 2.45) is 5.92 Å². The maximum Gasteiger partial charge on any atom is 0.150 e. The van der Waals surface area contributed by atoms with Crippen LogP contribution in [0.2, 0.25) is 0 Å². The maximum absolute atomic E-state index is 15.2. The highest BCUT2D eigenvalue weighted by Crippen LogP contribution is 2.62. The smallest absolute Gasteiger partial charge is 0.150 e. The van der Waals surface area contributed by atoms with E-state index in [-0.39, 0.29) is 29.2 Å². The summed E-state index contributed by atoms with van der Waals surface area (Å²) in [5.41, 5.74) is 5.39. The second kappa shape index (κ2) is 6.93. The molecule has 0 saturated carbocycles. The zero-order chi connectivity index (χ0) is 23.2. The summed E-state index contributed by atoms with van der Waals surface area (Å²) in [6.07, 6.45) is 2.99. The molecule has 6 rings (SSSR count). The molecule has 0 aromatic heterocycles. The minimum atomic E-state index is -0.501. The van der Waals surface area contributed by atoms with E-state index in [0.29, 0.717) is 5.69 Å². The van der Waals surface area contributed by atoms with Crippen LogP contribution in [-0.2, 0) is 15.9 Å². The third kappa shape index (κ3) is 2.55. The van der Waals surface area contributed by atoms with Gasteiger partial charge >= 0.3 is 0 Å². The van der Waals surface area contributed by atoms with Crippen LogP contribution in [0.25, 0.3) is 0 Å². The van der Waals surface area contributed by atoms with Gasteiger partial charge in [0.15, 0.2) is 0 Å². The van der Waals surface area contributed by atoms with Crippen LogP contribution < -0.4 is 9.80 Å². The summed E-state index contributed by atoms with van der Waals surface area (Å²) in [7, 11) is 2.11. The van der Waals surface area contributed by atoms with Crippen molar-refractivity contribution in [1.82, 2.24) is 0 Å². The van der Waals surface area contributed by atoms with Gasteiger partial charge in [-0.3, -0.25) is 0 Å². The van der Waals surface area contributed by atoms with E-state index in [9.17, 15) is 4.39 Å². The number of fused-ring (bicyclic) bond motifs is 10. The van der Waals surface area contributed by atoms with Gasteiger partial charge in [-0.05, 0) is 73.9 Å². The van der Waals surface area contributed by atoms with Gasteiger partial charge in [-0.1, -0.05) is 27.7 Å². The van der Waals surface area contributed by atoms with Gasteiger partial charge < -0.3 is 14.5 Å². The van der Waals surface area contributed by atoms with Crippen molar-refractivity contribution < 1.29 is 13.5 Å². The summed E-state index contributed by atoms with van der Waals surface area (Å²) >= 11 is 0. The van der Waals surface area contributed by atoms with Crippen molar-refractivity contribution >= 4 is 17.1 Å². The first-order valence-electron chi connectivity index (χ1n) is 12.1. The van der Waals surface area contributed by atoms with Crippen LogP contribution in [0.15, 0.2) is 24.3 Å². The molecule has 0 radical (unpaired) electrons. The molecular formula is C27H34F2N2O. The molecule has 0 spiro atoms. The third-order valence-corrected chi connectivity index (χ3v) is 8.37. The van der Waals surface area contributed by atoms with E-state index in [1.54, 1.807) is 0 Å². The van der Waals surface area contributed by atoms with Crippen LogP contribution in [-0.4, -0.2) is 13.2 Å². The summed E-state index contributed by atoms with van der Waals surface area (Å²) in [6, 6.07) is 7.04. The van der Waals surface area contributed by atoms with Crippen molar-refractivity contribution in [1.29, 1.82) is 0 Å². The monoisotopic (exact) mass is 440 g/mol. The highest BCUT2D eigenvalue weighted by atomic mass is 19.1. The van der Waals surface area contributed by atoms with Gasteiger partial charge in [0, 0.05) is 19.0 Å². The number of nitrogens with zero attached hydrogens (tertiary/aromatic N) is 2. The summed E-state index contributed by atoms with van der Waals surface area (Å²) in [5, 5.41) is 0. The molecule has 1 fully saturated rings.